The van der Waals surface area contributed by atoms with E-state index in [-0.39, 0.29) is 62.5 Å². The number of fused-ring (bicyclic) bond motifs is 1. The molecule has 3 aliphatic rings. The van der Waals surface area contributed by atoms with Crippen molar-refractivity contribution in [1.29, 1.82) is 5.26 Å². The number of alkyl halides is 2. The summed E-state index contributed by atoms with van der Waals surface area (Å²) in [5.74, 6) is -3.19. The molecule has 3 unspecified atom stereocenters. The molecule has 2 heterocycles. The van der Waals surface area contributed by atoms with Gasteiger partial charge in [-0.2, -0.15) is 5.26 Å². The number of ether oxygens (including phenoxy) is 1. The van der Waals surface area contributed by atoms with Gasteiger partial charge in [0, 0.05) is 42.6 Å². The van der Waals surface area contributed by atoms with Gasteiger partial charge in [-0.15, -0.1) is 0 Å². The number of Topliss-reactive ketones (excluding diaryl/α,β-unsaturated/α-hetero) is 1. The lowest BCUT2D eigenvalue weighted by atomic mass is 9.71. The second kappa shape index (κ2) is 10.6. The van der Waals surface area contributed by atoms with E-state index in [1.165, 1.54) is 4.90 Å². The molecule has 1 spiro atoms. The van der Waals surface area contributed by atoms with Gasteiger partial charge < -0.3 is 19.9 Å². The van der Waals surface area contributed by atoms with Gasteiger partial charge in [0.1, 0.15) is 29.3 Å². The van der Waals surface area contributed by atoms with Crippen LogP contribution in [0.25, 0.3) is 10.9 Å². The SMILES string of the molecule is COc1cccc2[nH]c(C(=O)N3CC4(CCC(F)(F)CC4)CC3C(=O)NC(C#N)CC3CCCCC3=O)cc12. The van der Waals surface area contributed by atoms with Crippen LogP contribution in [-0.4, -0.2) is 59.1 Å². The van der Waals surface area contributed by atoms with Gasteiger partial charge in [-0.3, -0.25) is 14.4 Å². The number of rotatable bonds is 6. The molecule has 2 N–H and O–H groups in total. The zero-order valence-electron chi connectivity index (χ0n) is 22.1. The number of benzene rings is 1. The number of nitrogens with zero attached hydrogens (tertiary/aromatic N) is 2. The molecule has 1 aromatic carbocycles. The number of carbonyl (C=O) groups is 3. The number of hydrogen-bond acceptors (Lipinski definition) is 5. The van der Waals surface area contributed by atoms with Gasteiger partial charge in [-0.25, -0.2) is 8.78 Å². The minimum Gasteiger partial charge on any atom is -0.496 e. The molecule has 10 heteroatoms. The van der Waals surface area contributed by atoms with Crippen LogP contribution in [0.1, 0.15) is 74.7 Å². The summed E-state index contributed by atoms with van der Waals surface area (Å²) in [5, 5.41) is 13.3. The first-order valence-electron chi connectivity index (χ1n) is 13.7. The summed E-state index contributed by atoms with van der Waals surface area (Å²) in [6.07, 6.45) is 3.31. The molecule has 5 rings (SSSR count). The van der Waals surface area contributed by atoms with Crippen molar-refractivity contribution in [1.82, 2.24) is 15.2 Å². The number of carbonyl (C=O) groups excluding carboxylic acids is 3. The topological polar surface area (TPSA) is 115 Å². The maximum atomic E-state index is 14.0. The van der Waals surface area contributed by atoms with Crippen molar-refractivity contribution in [2.45, 2.75) is 82.2 Å². The number of aromatic nitrogens is 1. The first-order chi connectivity index (χ1) is 18.6. The van der Waals surface area contributed by atoms with Crippen LogP contribution in [0.5, 0.6) is 5.75 Å². The first kappa shape index (κ1) is 27.1. The van der Waals surface area contributed by atoms with E-state index < -0.39 is 35.2 Å². The van der Waals surface area contributed by atoms with Crippen molar-refractivity contribution in [3.63, 3.8) is 0 Å². The van der Waals surface area contributed by atoms with Gasteiger partial charge in [0.2, 0.25) is 11.8 Å². The zero-order chi connectivity index (χ0) is 27.8. The van der Waals surface area contributed by atoms with E-state index >= 15 is 0 Å². The van der Waals surface area contributed by atoms with E-state index in [1.54, 1.807) is 25.3 Å². The fourth-order valence-corrected chi connectivity index (χ4v) is 6.59. The number of nitriles is 1. The molecule has 8 nitrogen and oxygen atoms in total. The Labute approximate surface area is 226 Å². The van der Waals surface area contributed by atoms with Crippen molar-refractivity contribution in [2.24, 2.45) is 11.3 Å². The maximum absolute atomic E-state index is 14.0. The Morgan fingerprint density at radius 2 is 2.03 bits per heavy atom. The van der Waals surface area contributed by atoms with Crippen LogP contribution < -0.4 is 10.1 Å². The number of H-pyrrole nitrogens is 1. The third kappa shape index (κ3) is 5.49. The molecular weight excluding hydrogens is 506 g/mol. The van der Waals surface area contributed by atoms with E-state index in [9.17, 15) is 28.4 Å². The molecule has 208 valence electrons. The lowest BCUT2D eigenvalue weighted by Gasteiger charge is -2.36. The summed E-state index contributed by atoms with van der Waals surface area (Å²) in [4.78, 5) is 44.3. The Hall–Kier alpha value is -3.48. The van der Waals surface area contributed by atoms with E-state index in [0.29, 0.717) is 24.1 Å². The summed E-state index contributed by atoms with van der Waals surface area (Å²) in [6.45, 7) is 0.185. The number of nitrogens with one attached hydrogen (secondary N) is 2. The number of ketones is 1. The summed E-state index contributed by atoms with van der Waals surface area (Å²) in [5.41, 5.74) is 0.381. The molecule has 1 saturated heterocycles. The van der Waals surface area contributed by atoms with Crippen molar-refractivity contribution < 1.29 is 27.9 Å². The molecule has 0 bridgehead atoms. The third-order valence-corrected chi connectivity index (χ3v) is 8.86. The lowest BCUT2D eigenvalue weighted by molar-refractivity contribution is -0.127. The number of hydrogen-bond donors (Lipinski definition) is 2. The number of methoxy groups -OCH3 is 1. The molecule has 0 radical (unpaired) electrons. The highest BCUT2D eigenvalue weighted by atomic mass is 19.3. The molecule has 1 aliphatic heterocycles. The van der Waals surface area contributed by atoms with Gasteiger partial charge in [0.15, 0.2) is 0 Å². The predicted octanol–water partition coefficient (Wildman–Crippen LogP) is 4.74. The Morgan fingerprint density at radius 1 is 1.26 bits per heavy atom. The summed E-state index contributed by atoms with van der Waals surface area (Å²) >= 11 is 0. The minimum atomic E-state index is -2.74. The number of likely N-dealkylation sites (tertiary alicyclic amines) is 1. The van der Waals surface area contributed by atoms with Crippen molar-refractivity contribution in [2.75, 3.05) is 13.7 Å². The van der Waals surface area contributed by atoms with E-state index in [1.807, 2.05) is 6.07 Å². The van der Waals surface area contributed by atoms with E-state index in [4.69, 9.17) is 4.74 Å². The van der Waals surface area contributed by atoms with Gasteiger partial charge in [-0.05, 0) is 62.1 Å². The standard InChI is InChI=1S/C29H34F2N4O4/c1-39-25-8-4-6-21-20(25)14-22(34-21)27(38)35-17-28(9-11-29(30,31)12-10-28)15-23(35)26(37)33-19(16-32)13-18-5-2-3-7-24(18)36/h4,6,8,14,18-19,23,34H,2-3,5,7,9-13,15,17H2,1H3,(H,33,37). The molecule has 2 aromatic rings. The maximum Gasteiger partial charge on any atom is 0.271 e. The largest absolute Gasteiger partial charge is 0.496 e. The monoisotopic (exact) mass is 540 g/mol. The second-order valence-electron chi connectivity index (χ2n) is 11.4. The second-order valence-corrected chi connectivity index (χ2v) is 11.4. The van der Waals surface area contributed by atoms with Gasteiger partial charge in [-0.1, -0.05) is 12.5 Å². The van der Waals surface area contributed by atoms with Gasteiger partial charge >= 0.3 is 0 Å². The first-order valence-corrected chi connectivity index (χ1v) is 13.7. The number of aromatic amines is 1. The average molecular weight is 541 g/mol. The van der Waals surface area contributed by atoms with Gasteiger partial charge in [0.05, 0.1) is 13.2 Å². The highest BCUT2D eigenvalue weighted by molar-refractivity contribution is 6.02. The van der Waals surface area contributed by atoms with Crippen molar-refractivity contribution in [3.8, 4) is 11.8 Å². The van der Waals surface area contributed by atoms with E-state index in [0.717, 1.165) is 18.2 Å². The van der Waals surface area contributed by atoms with Crippen LogP contribution in [0.3, 0.4) is 0 Å². The smallest absolute Gasteiger partial charge is 0.271 e. The predicted molar refractivity (Wildman–Crippen MR) is 139 cm³/mol. The fourth-order valence-electron chi connectivity index (χ4n) is 6.59. The Balaban J connectivity index is 1.39. The summed E-state index contributed by atoms with van der Waals surface area (Å²) in [6, 6.07) is 7.41. The zero-order valence-corrected chi connectivity index (χ0v) is 22.1. The van der Waals surface area contributed by atoms with Crippen molar-refractivity contribution >= 4 is 28.5 Å². The highest BCUT2D eigenvalue weighted by Crippen LogP contribution is 2.50. The van der Waals surface area contributed by atoms with Gasteiger partial charge in [0.25, 0.3) is 5.91 Å². The Morgan fingerprint density at radius 3 is 2.72 bits per heavy atom. The lowest BCUT2D eigenvalue weighted by Crippen LogP contribution is -2.49. The molecule has 2 amide bonds. The molecule has 3 fully saturated rings. The quantitative estimate of drug-likeness (QED) is 0.549. The normalized spacial score (nSPS) is 24.9. The summed E-state index contributed by atoms with van der Waals surface area (Å²) < 4.78 is 33.5. The van der Waals surface area contributed by atoms with Crippen LogP contribution >= 0.6 is 0 Å². The van der Waals surface area contributed by atoms with Crippen LogP contribution in [0, 0.1) is 22.7 Å². The molecule has 39 heavy (non-hydrogen) atoms. The Bertz CT molecular complexity index is 1310. The number of halogens is 2. The molecular formula is C29H34F2N4O4. The molecule has 2 aliphatic carbocycles. The fraction of sp³-hybridized carbons (Fsp3) is 0.586. The number of amides is 2. The average Bonchev–Trinajstić information content (AvgIpc) is 3.53. The highest BCUT2D eigenvalue weighted by Gasteiger charge is 2.53. The van der Waals surface area contributed by atoms with E-state index in [2.05, 4.69) is 16.4 Å². The van der Waals surface area contributed by atoms with Crippen LogP contribution in [0.2, 0.25) is 0 Å². The summed E-state index contributed by atoms with van der Waals surface area (Å²) in [7, 11) is 1.54. The van der Waals surface area contributed by atoms with Crippen LogP contribution in [0.15, 0.2) is 24.3 Å². The van der Waals surface area contributed by atoms with Crippen molar-refractivity contribution in [3.05, 3.63) is 30.0 Å². The third-order valence-electron chi connectivity index (χ3n) is 8.86. The van der Waals surface area contributed by atoms with Crippen LogP contribution in [-0.2, 0) is 9.59 Å². The van der Waals surface area contributed by atoms with Crippen LogP contribution in [0.4, 0.5) is 8.78 Å². The Kier molecular flexibility index (Phi) is 7.36. The molecule has 3 atom stereocenters. The molecule has 1 aromatic heterocycles. The minimum absolute atomic E-state index is 0.116. The molecule has 2 saturated carbocycles.